The van der Waals surface area contributed by atoms with E-state index >= 15 is 0 Å². The van der Waals surface area contributed by atoms with Gasteiger partial charge in [-0.3, -0.25) is 0 Å². The van der Waals surface area contributed by atoms with Gasteiger partial charge in [0.2, 0.25) is 0 Å². The predicted octanol–water partition coefficient (Wildman–Crippen LogP) is 5.02. The molecule has 114 valence electrons. The van der Waals surface area contributed by atoms with Crippen molar-refractivity contribution in [3.05, 3.63) is 70.9 Å². The molecule has 1 aromatic heterocycles. The first-order valence-corrected chi connectivity index (χ1v) is 7.95. The van der Waals surface area contributed by atoms with E-state index in [2.05, 4.69) is 42.4 Å². The molecule has 0 aliphatic carbocycles. The lowest BCUT2D eigenvalue weighted by Crippen LogP contribution is -2.00. The Labute approximate surface area is 140 Å². The van der Waals surface area contributed by atoms with Crippen LogP contribution in [0, 0.1) is 11.3 Å². The van der Waals surface area contributed by atoms with Crippen molar-refractivity contribution >= 4 is 11.6 Å². The van der Waals surface area contributed by atoms with Crippen LogP contribution in [-0.2, 0) is 6.42 Å². The van der Waals surface area contributed by atoms with Crippen molar-refractivity contribution in [2.45, 2.75) is 19.8 Å². The third kappa shape index (κ3) is 3.13. The molecule has 23 heavy (non-hydrogen) atoms. The standard InChI is InChI=1S/C19H16ClN3/c1-2-5-14-8-10-15(11-9-14)19-12-16(13-21)22-23(19)18-7-4-3-6-17(18)20/h3-4,6-12H,2,5H2,1H3. The third-order valence-electron chi connectivity index (χ3n) is 3.69. The number of rotatable bonds is 4. The number of nitriles is 1. The van der Waals surface area contributed by atoms with E-state index in [-0.39, 0.29) is 0 Å². The molecular formula is C19H16ClN3. The first-order chi connectivity index (χ1) is 11.2. The average molecular weight is 322 g/mol. The maximum absolute atomic E-state index is 9.19. The van der Waals surface area contributed by atoms with Crippen LogP contribution >= 0.6 is 11.6 Å². The van der Waals surface area contributed by atoms with E-state index in [0.717, 1.165) is 29.8 Å². The molecule has 0 unspecified atom stereocenters. The van der Waals surface area contributed by atoms with Crippen molar-refractivity contribution in [2.75, 3.05) is 0 Å². The molecule has 0 aliphatic heterocycles. The van der Waals surface area contributed by atoms with Crippen LogP contribution in [0.3, 0.4) is 0 Å². The molecule has 0 radical (unpaired) electrons. The van der Waals surface area contributed by atoms with Crippen LogP contribution in [0.5, 0.6) is 0 Å². The van der Waals surface area contributed by atoms with Crippen molar-refractivity contribution in [1.82, 2.24) is 9.78 Å². The fraction of sp³-hybridized carbons (Fsp3) is 0.158. The van der Waals surface area contributed by atoms with Gasteiger partial charge in [-0.05, 0) is 24.1 Å². The second-order valence-corrected chi connectivity index (χ2v) is 5.74. The molecule has 3 aromatic rings. The van der Waals surface area contributed by atoms with Gasteiger partial charge in [-0.25, -0.2) is 4.68 Å². The molecule has 0 aliphatic rings. The Morgan fingerprint density at radius 2 is 1.87 bits per heavy atom. The lowest BCUT2D eigenvalue weighted by atomic mass is 10.1. The second kappa shape index (κ2) is 6.68. The summed E-state index contributed by atoms with van der Waals surface area (Å²) in [5, 5.41) is 14.2. The average Bonchev–Trinajstić information content (AvgIpc) is 3.00. The van der Waals surface area contributed by atoms with Crippen molar-refractivity contribution in [1.29, 1.82) is 5.26 Å². The Morgan fingerprint density at radius 3 is 2.52 bits per heavy atom. The van der Waals surface area contributed by atoms with Crippen LogP contribution in [0.4, 0.5) is 0 Å². The lowest BCUT2D eigenvalue weighted by Gasteiger charge is -2.09. The van der Waals surface area contributed by atoms with Gasteiger partial charge in [0.25, 0.3) is 0 Å². The quantitative estimate of drug-likeness (QED) is 0.677. The SMILES string of the molecule is CCCc1ccc(-c2cc(C#N)nn2-c2ccccc2Cl)cc1. The smallest absolute Gasteiger partial charge is 0.163 e. The molecule has 2 aromatic carbocycles. The van der Waals surface area contributed by atoms with E-state index in [1.165, 1.54) is 5.56 Å². The minimum Gasteiger partial charge on any atom is -0.230 e. The van der Waals surface area contributed by atoms with Crippen LogP contribution in [0.15, 0.2) is 54.6 Å². The fourth-order valence-corrected chi connectivity index (χ4v) is 2.80. The lowest BCUT2D eigenvalue weighted by molar-refractivity contribution is 0.880. The molecule has 1 heterocycles. The highest BCUT2D eigenvalue weighted by molar-refractivity contribution is 6.32. The van der Waals surface area contributed by atoms with Gasteiger partial charge in [0, 0.05) is 11.6 Å². The molecule has 0 fully saturated rings. The monoisotopic (exact) mass is 321 g/mol. The van der Waals surface area contributed by atoms with E-state index in [9.17, 15) is 5.26 Å². The molecular weight excluding hydrogens is 306 g/mol. The summed E-state index contributed by atoms with van der Waals surface area (Å²) in [5.74, 6) is 0. The molecule has 0 amide bonds. The zero-order chi connectivity index (χ0) is 16.2. The molecule has 3 nitrogen and oxygen atoms in total. The summed E-state index contributed by atoms with van der Waals surface area (Å²) in [5.41, 5.74) is 4.32. The zero-order valence-electron chi connectivity index (χ0n) is 12.8. The van der Waals surface area contributed by atoms with Gasteiger partial charge in [-0.15, -0.1) is 0 Å². The molecule has 0 bridgehead atoms. The molecule has 0 atom stereocenters. The number of nitrogens with zero attached hydrogens (tertiary/aromatic N) is 3. The molecule has 0 saturated carbocycles. The van der Waals surface area contributed by atoms with Crippen LogP contribution in [-0.4, -0.2) is 9.78 Å². The summed E-state index contributed by atoms with van der Waals surface area (Å²) in [6.45, 7) is 2.17. The van der Waals surface area contributed by atoms with Gasteiger partial charge in [-0.1, -0.05) is 61.3 Å². The highest BCUT2D eigenvalue weighted by atomic mass is 35.5. The Bertz CT molecular complexity index is 857. The minimum atomic E-state index is 0.373. The summed E-state index contributed by atoms with van der Waals surface area (Å²) in [4.78, 5) is 0. The normalized spacial score (nSPS) is 10.5. The zero-order valence-corrected chi connectivity index (χ0v) is 13.6. The van der Waals surface area contributed by atoms with Gasteiger partial charge in [0.05, 0.1) is 16.4 Å². The number of hydrogen-bond acceptors (Lipinski definition) is 2. The Balaban J connectivity index is 2.11. The van der Waals surface area contributed by atoms with Gasteiger partial charge < -0.3 is 0 Å². The van der Waals surface area contributed by atoms with Gasteiger partial charge in [0.1, 0.15) is 6.07 Å². The molecule has 0 spiro atoms. The van der Waals surface area contributed by atoms with Gasteiger partial charge in [-0.2, -0.15) is 10.4 Å². The largest absolute Gasteiger partial charge is 0.230 e. The highest BCUT2D eigenvalue weighted by Crippen LogP contribution is 2.28. The number of aromatic nitrogens is 2. The van der Waals surface area contributed by atoms with E-state index in [4.69, 9.17) is 11.6 Å². The molecule has 4 heteroatoms. The van der Waals surface area contributed by atoms with E-state index in [0.29, 0.717) is 10.7 Å². The van der Waals surface area contributed by atoms with Crippen LogP contribution in [0.2, 0.25) is 5.02 Å². The van der Waals surface area contributed by atoms with Gasteiger partial charge >= 0.3 is 0 Å². The first kappa shape index (κ1) is 15.3. The number of hydrogen-bond donors (Lipinski definition) is 0. The maximum atomic E-state index is 9.19. The van der Waals surface area contributed by atoms with Crippen LogP contribution < -0.4 is 0 Å². The highest BCUT2D eigenvalue weighted by Gasteiger charge is 2.13. The molecule has 3 rings (SSSR count). The van der Waals surface area contributed by atoms with Gasteiger partial charge in [0.15, 0.2) is 5.69 Å². The summed E-state index contributed by atoms with van der Waals surface area (Å²) >= 11 is 6.29. The minimum absolute atomic E-state index is 0.373. The van der Waals surface area contributed by atoms with E-state index < -0.39 is 0 Å². The predicted molar refractivity (Wildman–Crippen MR) is 92.7 cm³/mol. The Hall–Kier alpha value is -2.57. The summed E-state index contributed by atoms with van der Waals surface area (Å²) in [6.07, 6.45) is 2.18. The van der Waals surface area contributed by atoms with E-state index in [1.807, 2.05) is 24.3 Å². The fourth-order valence-electron chi connectivity index (χ4n) is 2.58. The van der Waals surface area contributed by atoms with Crippen molar-refractivity contribution < 1.29 is 0 Å². The third-order valence-corrected chi connectivity index (χ3v) is 4.01. The van der Waals surface area contributed by atoms with Crippen LogP contribution in [0.1, 0.15) is 24.6 Å². The summed E-state index contributed by atoms with van der Waals surface area (Å²) in [7, 11) is 0. The second-order valence-electron chi connectivity index (χ2n) is 5.34. The number of aryl methyl sites for hydroxylation is 1. The van der Waals surface area contributed by atoms with Crippen molar-refractivity contribution in [2.24, 2.45) is 0 Å². The number of halogens is 1. The molecule has 0 N–H and O–H groups in total. The topological polar surface area (TPSA) is 41.6 Å². The summed E-state index contributed by atoms with van der Waals surface area (Å²) in [6, 6.07) is 19.8. The van der Waals surface area contributed by atoms with E-state index in [1.54, 1.807) is 10.7 Å². The molecule has 0 saturated heterocycles. The number of benzene rings is 2. The van der Waals surface area contributed by atoms with Crippen molar-refractivity contribution in [3.63, 3.8) is 0 Å². The van der Waals surface area contributed by atoms with Crippen LogP contribution in [0.25, 0.3) is 16.9 Å². The Kier molecular flexibility index (Phi) is 4.45. The summed E-state index contributed by atoms with van der Waals surface area (Å²) < 4.78 is 1.73. The Morgan fingerprint density at radius 1 is 1.13 bits per heavy atom. The van der Waals surface area contributed by atoms with Crippen molar-refractivity contribution in [3.8, 4) is 23.0 Å². The number of para-hydroxylation sites is 1. The maximum Gasteiger partial charge on any atom is 0.163 e. The first-order valence-electron chi connectivity index (χ1n) is 7.57.